The van der Waals surface area contributed by atoms with E-state index < -0.39 is 0 Å². The third kappa shape index (κ3) is 3.36. The number of nitrogens with one attached hydrogen (secondary N) is 1. The molecule has 3 rings (SSSR count). The number of benzene rings is 2. The van der Waals surface area contributed by atoms with Gasteiger partial charge in [-0.05, 0) is 50.1 Å². The minimum atomic E-state index is -0.228. The van der Waals surface area contributed by atoms with Crippen LogP contribution < -0.4 is 10.1 Å². The molecule has 1 saturated carbocycles. The molecule has 0 saturated heterocycles. The van der Waals surface area contributed by atoms with Crippen LogP contribution in [0, 0.1) is 12.7 Å². The zero-order valence-corrected chi connectivity index (χ0v) is 11.5. The molecule has 1 aliphatic rings. The summed E-state index contributed by atoms with van der Waals surface area (Å²) < 4.78 is 19.3. The first-order valence-electron chi connectivity index (χ1n) is 6.97. The van der Waals surface area contributed by atoms with E-state index in [1.807, 2.05) is 31.2 Å². The van der Waals surface area contributed by atoms with Gasteiger partial charge in [-0.1, -0.05) is 17.7 Å². The molecule has 0 aliphatic heterocycles. The lowest BCUT2D eigenvalue weighted by molar-refractivity contribution is 0.469. The highest BCUT2D eigenvalue weighted by atomic mass is 19.1. The molecule has 1 fully saturated rings. The van der Waals surface area contributed by atoms with Crippen LogP contribution in [-0.4, -0.2) is 6.04 Å². The van der Waals surface area contributed by atoms with Crippen LogP contribution in [0.2, 0.25) is 0 Å². The third-order valence-electron chi connectivity index (χ3n) is 3.43. The molecule has 3 heteroatoms. The summed E-state index contributed by atoms with van der Waals surface area (Å²) >= 11 is 0. The van der Waals surface area contributed by atoms with Crippen molar-refractivity contribution in [2.75, 3.05) is 0 Å². The summed E-state index contributed by atoms with van der Waals surface area (Å²) in [4.78, 5) is 0. The largest absolute Gasteiger partial charge is 0.457 e. The first-order chi connectivity index (χ1) is 9.70. The van der Waals surface area contributed by atoms with Crippen LogP contribution in [0.4, 0.5) is 4.39 Å². The predicted molar refractivity (Wildman–Crippen MR) is 77.5 cm³/mol. The van der Waals surface area contributed by atoms with Gasteiger partial charge < -0.3 is 10.1 Å². The highest BCUT2D eigenvalue weighted by Gasteiger charge is 2.20. The molecular weight excluding hydrogens is 253 g/mol. The van der Waals surface area contributed by atoms with E-state index >= 15 is 0 Å². The Balaban J connectivity index is 1.77. The normalized spacial score (nSPS) is 14.3. The second-order valence-corrected chi connectivity index (χ2v) is 5.32. The lowest BCUT2D eigenvalue weighted by Crippen LogP contribution is -2.15. The van der Waals surface area contributed by atoms with Crippen LogP contribution in [-0.2, 0) is 6.54 Å². The molecule has 20 heavy (non-hydrogen) atoms. The second kappa shape index (κ2) is 5.63. The maximum absolute atomic E-state index is 13.4. The van der Waals surface area contributed by atoms with E-state index in [2.05, 4.69) is 5.32 Å². The highest BCUT2D eigenvalue weighted by Crippen LogP contribution is 2.27. The predicted octanol–water partition coefficient (Wildman–Crippen LogP) is 4.18. The number of rotatable bonds is 5. The summed E-state index contributed by atoms with van der Waals surface area (Å²) in [5.41, 5.74) is 2.05. The summed E-state index contributed by atoms with van der Waals surface area (Å²) in [6.45, 7) is 2.68. The molecule has 2 aromatic rings. The number of hydrogen-bond donors (Lipinski definition) is 1. The zero-order valence-electron chi connectivity index (χ0n) is 11.5. The summed E-state index contributed by atoms with van der Waals surface area (Å²) in [5, 5.41) is 3.39. The average Bonchev–Trinajstić information content (AvgIpc) is 3.25. The van der Waals surface area contributed by atoms with Crippen LogP contribution in [0.15, 0.2) is 42.5 Å². The Morgan fingerprint density at radius 1 is 1.15 bits per heavy atom. The molecule has 0 unspecified atom stereocenters. The molecule has 1 N–H and O–H groups in total. The Morgan fingerprint density at radius 2 is 1.90 bits per heavy atom. The van der Waals surface area contributed by atoms with Crippen molar-refractivity contribution in [2.45, 2.75) is 32.4 Å². The lowest BCUT2D eigenvalue weighted by Gasteiger charge is -2.12. The number of aryl methyl sites for hydroxylation is 1. The van der Waals surface area contributed by atoms with Crippen molar-refractivity contribution in [3.8, 4) is 11.5 Å². The first kappa shape index (κ1) is 13.1. The minimum absolute atomic E-state index is 0.228. The Bertz CT molecular complexity index is 590. The molecule has 0 radical (unpaired) electrons. The average molecular weight is 271 g/mol. The number of ether oxygens (including phenoxy) is 1. The van der Waals surface area contributed by atoms with Gasteiger partial charge in [0.2, 0.25) is 0 Å². The quantitative estimate of drug-likeness (QED) is 0.881. The molecule has 104 valence electrons. The first-order valence-corrected chi connectivity index (χ1v) is 6.97. The van der Waals surface area contributed by atoms with Gasteiger partial charge in [0, 0.05) is 18.2 Å². The minimum Gasteiger partial charge on any atom is -0.457 e. The smallest absolute Gasteiger partial charge is 0.132 e. The molecular formula is C17H18FNO. The van der Waals surface area contributed by atoms with Gasteiger partial charge in [-0.15, -0.1) is 0 Å². The standard InChI is InChI=1S/C17H18FNO/c1-12-2-7-16(8-3-12)20-17-9-4-14(18)10-13(17)11-19-15-5-6-15/h2-4,7-10,15,19H,5-6,11H2,1H3. The molecule has 0 spiro atoms. The Morgan fingerprint density at radius 3 is 2.60 bits per heavy atom. The highest BCUT2D eigenvalue weighted by molar-refractivity contribution is 5.39. The van der Waals surface area contributed by atoms with Gasteiger partial charge in [0.15, 0.2) is 0 Å². The lowest BCUT2D eigenvalue weighted by atomic mass is 10.2. The van der Waals surface area contributed by atoms with Gasteiger partial charge in [0.05, 0.1) is 0 Å². The van der Waals surface area contributed by atoms with Crippen molar-refractivity contribution in [3.63, 3.8) is 0 Å². The van der Waals surface area contributed by atoms with Crippen LogP contribution in [0.25, 0.3) is 0 Å². The molecule has 0 amide bonds. The number of halogens is 1. The molecule has 0 atom stereocenters. The Hall–Kier alpha value is -1.87. The molecule has 1 aliphatic carbocycles. The monoisotopic (exact) mass is 271 g/mol. The fourth-order valence-electron chi connectivity index (χ4n) is 2.06. The molecule has 0 aromatic heterocycles. The van der Waals surface area contributed by atoms with Crippen LogP contribution in [0.1, 0.15) is 24.0 Å². The topological polar surface area (TPSA) is 21.3 Å². The zero-order chi connectivity index (χ0) is 13.9. The summed E-state index contributed by atoms with van der Waals surface area (Å²) in [6.07, 6.45) is 2.42. The Kier molecular flexibility index (Phi) is 3.70. The van der Waals surface area contributed by atoms with E-state index in [9.17, 15) is 4.39 Å². The second-order valence-electron chi connectivity index (χ2n) is 5.32. The van der Waals surface area contributed by atoms with E-state index in [0.717, 1.165) is 11.3 Å². The van der Waals surface area contributed by atoms with E-state index in [1.165, 1.54) is 24.5 Å². The summed E-state index contributed by atoms with van der Waals surface area (Å²) in [5.74, 6) is 1.26. The maximum atomic E-state index is 13.4. The van der Waals surface area contributed by atoms with E-state index in [0.29, 0.717) is 18.3 Å². The van der Waals surface area contributed by atoms with Gasteiger partial charge in [0.25, 0.3) is 0 Å². The third-order valence-corrected chi connectivity index (χ3v) is 3.43. The fourth-order valence-corrected chi connectivity index (χ4v) is 2.06. The van der Waals surface area contributed by atoms with Crippen molar-refractivity contribution >= 4 is 0 Å². The van der Waals surface area contributed by atoms with E-state index in [-0.39, 0.29) is 5.82 Å². The molecule has 0 bridgehead atoms. The van der Waals surface area contributed by atoms with Crippen molar-refractivity contribution < 1.29 is 9.13 Å². The van der Waals surface area contributed by atoms with Crippen LogP contribution >= 0.6 is 0 Å². The fraction of sp³-hybridized carbons (Fsp3) is 0.294. The molecule has 0 heterocycles. The van der Waals surface area contributed by atoms with Crippen molar-refractivity contribution in [1.29, 1.82) is 0 Å². The maximum Gasteiger partial charge on any atom is 0.132 e. The van der Waals surface area contributed by atoms with Gasteiger partial charge in [-0.2, -0.15) is 0 Å². The van der Waals surface area contributed by atoms with Crippen molar-refractivity contribution in [2.24, 2.45) is 0 Å². The van der Waals surface area contributed by atoms with Gasteiger partial charge in [-0.3, -0.25) is 0 Å². The summed E-state index contributed by atoms with van der Waals surface area (Å²) in [6, 6.07) is 13.1. The number of hydrogen-bond acceptors (Lipinski definition) is 2. The van der Waals surface area contributed by atoms with Gasteiger partial charge in [-0.25, -0.2) is 4.39 Å². The van der Waals surface area contributed by atoms with E-state index in [1.54, 1.807) is 12.1 Å². The van der Waals surface area contributed by atoms with Crippen LogP contribution in [0.3, 0.4) is 0 Å². The SMILES string of the molecule is Cc1ccc(Oc2ccc(F)cc2CNC2CC2)cc1. The van der Waals surface area contributed by atoms with Gasteiger partial charge >= 0.3 is 0 Å². The van der Waals surface area contributed by atoms with Crippen molar-refractivity contribution in [1.82, 2.24) is 5.32 Å². The summed E-state index contributed by atoms with van der Waals surface area (Å²) in [7, 11) is 0. The molecule has 2 nitrogen and oxygen atoms in total. The Labute approximate surface area is 118 Å². The van der Waals surface area contributed by atoms with Crippen LogP contribution in [0.5, 0.6) is 11.5 Å². The van der Waals surface area contributed by atoms with Crippen molar-refractivity contribution in [3.05, 3.63) is 59.4 Å². The molecule has 2 aromatic carbocycles. The van der Waals surface area contributed by atoms with Gasteiger partial charge in [0.1, 0.15) is 17.3 Å². The van der Waals surface area contributed by atoms with E-state index in [4.69, 9.17) is 4.74 Å².